The molecule has 0 unspecified atom stereocenters. The van der Waals surface area contributed by atoms with Crippen LogP contribution in [0.2, 0.25) is 0 Å². The van der Waals surface area contributed by atoms with Gasteiger partial charge in [0, 0.05) is 38.7 Å². The van der Waals surface area contributed by atoms with Crippen molar-refractivity contribution in [2.24, 2.45) is 0 Å². The van der Waals surface area contributed by atoms with Crippen molar-refractivity contribution in [3.8, 4) is 39.2 Å². The third-order valence-corrected chi connectivity index (χ3v) is 10.1. The van der Waals surface area contributed by atoms with Crippen LogP contribution < -0.4 is 0 Å². The van der Waals surface area contributed by atoms with Crippen molar-refractivity contribution >= 4 is 44.0 Å². The first-order chi connectivity index (χ1) is 23.1. The van der Waals surface area contributed by atoms with Crippen molar-refractivity contribution in [1.29, 1.82) is 0 Å². The molecule has 0 fully saturated rings. The van der Waals surface area contributed by atoms with Crippen LogP contribution in [0.5, 0.6) is 0 Å². The normalized spacial score (nSPS) is 13.5. The third kappa shape index (κ3) is 3.70. The number of fused-ring (bicyclic) bond motifs is 9. The summed E-state index contributed by atoms with van der Waals surface area (Å²) in [5.41, 5.74) is 13.4. The second-order valence-corrected chi connectivity index (χ2v) is 13.0. The van der Waals surface area contributed by atoms with Gasteiger partial charge in [0.05, 0.1) is 5.52 Å². The number of benzene rings is 5. The SMILES string of the molecule is CC1(C)c2ccccc2-c2ccc(-c3cccc(-c4cccc5c4oc4nc(-n6c7ccccc7c7cccnc76)ccc45)c3)cc21. The predicted molar refractivity (Wildman–Crippen MR) is 192 cm³/mol. The lowest BCUT2D eigenvalue weighted by atomic mass is 9.81. The standard InChI is InChI=1S/C43H29N3O/c1-43(2)36-17-5-3-12-30(36)31-20-19-27(25-37(31)43)26-10-7-11-28(24-26)29-14-8-15-33-35-21-22-39(45-42(35)47-40(29)33)46-38-18-6-4-13-32(38)34-16-9-23-44-41(34)46/h3-25H,1-2H3. The second-order valence-electron chi connectivity index (χ2n) is 13.0. The Morgan fingerprint density at radius 2 is 1.30 bits per heavy atom. The number of rotatable bonds is 3. The lowest BCUT2D eigenvalue weighted by molar-refractivity contribution is 0.654. The summed E-state index contributed by atoms with van der Waals surface area (Å²) in [4.78, 5) is 9.81. The largest absolute Gasteiger partial charge is 0.437 e. The fourth-order valence-corrected chi connectivity index (χ4v) is 7.80. The molecule has 1 aliphatic carbocycles. The Hall–Kier alpha value is -6.00. The Morgan fingerprint density at radius 3 is 2.26 bits per heavy atom. The molecule has 0 aliphatic heterocycles. The van der Waals surface area contributed by atoms with Crippen molar-refractivity contribution in [1.82, 2.24) is 14.5 Å². The molecule has 9 aromatic rings. The zero-order chi connectivity index (χ0) is 31.3. The van der Waals surface area contributed by atoms with E-state index in [0.29, 0.717) is 5.71 Å². The molecule has 1 aliphatic rings. The van der Waals surface area contributed by atoms with Crippen molar-refractivity contribution in [3.63, 3.8) is 0 Å². The summed E-state index contributed by atoms with van der Waals surface area (Å²) in [5.74, 6) is 0.784. The monoisotopic (exact) mass is 603 g/mol. The Bertz CT molecular complexity index is 2670. The molecule has 0 spiro atoms. The van der Waals surface area contributed by atoms with Gasteiger partial charge in [-0.2, -0.15) is 4.98 Å². The lowest BCUT2D eigenvalue weighted by Crippen LogP contribution is -2.14. The van der Waals surface area contributed by atoms with Gasteiger partial charge in [0.1, 0.15) is 17.0 Å². The van der Waals surface area contributed by atoms with Crippen LogP contribution in [0.3, 0.4) is 0 Å². The summed E-state index contributed by atoms with van der Waals surface area (Å²) < 4.78 is 8.75. The maximum atomic E-state index is 6.63. The van der Waals surface area contributed by atoms with Crippen molar-refractivity contribution in [2.75, 3.05) is 0 Å². The van der Waals surface area contributed by atoms with Crippen molar-refractivity contribution < 1.29 is 4.42 Å². The van der Waals surface area contributed by atoms with Gasteiger partial charge in [-0.15, -0.1) is 0 Å². The highest BCUT2D eigenvalue weighted by Gasteiger charge is 2.35. The van der Waals surface area contributed by atoms with Crippen LogP contribution in [-0.2, 0) is 5.41 Å². The third-order valence-electron chi connectivity index (χ3n) is 10.1. The molecule has 5 aromatic carbocycles. The number of nitrogens with zero attached hydrogens (tertiary/aromatic N) is 3. The highest BCUT2D eigenvalue weighted by Crippen LogP contribution is 2.49. The highest BCUT2D eigenvalue weighted by atomic mass is 16.3. The second kappa shape index (κ2) is 9.51. The molecular formula is C43H29N3O. The Balaban J connectivity index is 1.09. The highest BCUT2D eigenvalue weighted by molar-refractivity contribution is 6.10. The number of hydrogen-bond donors (Lipinski definition) is 0. The first-order valence-electron chi connectivity index (χ1n) is 16.1. The van der Waals surface area contributed by atoms with Gasteiger partial charge in [0.2, 0.25) is 5.71 Å². The van der Waals surface area contributed by atoms with Crippen LogP contribution in [0.4, 0.5) is 0 Å². The predicted octanol–water partition coefficient (Wildman–Crippen LogP) is 11.1. The van der Waals surface area contributed by atoms with E-state index >= 15 is 0 Å². The molecule has 0 saturated carbocycles. The quantitative estimate of drug-likeness (QED) is 0.202. The smallest absolute Gasteiger partial charge is 0.229 e. The van der Waals surface area contributed by atoms with Crippen LogP contribution in [0.15, 0.2) is 144 Å². The molecule has 0 saturated heterocycles. The van der Waals surface area contributed by atoms with Gasteiger partial charge in [-0.05, 0) is 81.4 Å². The van der Waals surface area contributed by atoms with Gasteiger partial charge >= 0.3 is 0 Å². The van der Waals surface area contributed by atoms with E-state index in [0.717, 1.165) is 55.2 Å². The van der Waals surface area contributed by atoms with E-state index in [-0.39, 0.29) is 5.41 Å². The molecular weight excluding hydrogens is 574 g/mol. The summed E-state index contributed by atoms with van der Waals surface area (Å²) in [6.45, 7) is 4.66. The minimum atomic E-state index is -0.0411. The zero-order valence-electron chi connectivity index (χ0n) is 26.0. The van der Waals surface area contributed by atoms with E-state index in [1.807, 2.05) is 12.3 Å². The average Bonchev–Trinajstić information content (AvgIpc) is 3.74. The van der Waals surface area contributed by atoms with E-state index in [1.54, 1.807) is 0 Å². The molecule has 4 nitrogen and oxygen atoms in total. The summed E-state index contributed by atoms with van der Waals surface area (Å²) in [5, 5.41) is 4.31. The number of para-hydroxylation sites is 2. The van der Waals surface area contributed by atoms with Gasteiger partial charge in [0.15, 0.2) is 0 Å². The first kappa shape index (κ1) is 26.2. The summed E-state index contributed by atoms with van der Waals surface area (Å²) in [7, 11) is 0. The van der Waals surface area contributed by atoms with Gasteiger partial charge < -0.3 is 4.42 Å². The van der Waals surface area contributed by atoms with Gasteiger partial charge in [0.25, 0.3) is 0 Å². The fraction of sp³-hybridized carbons (Fsp3) is 0.0698. The molecule has 4 heterocycles. The molecule has 0 N–H and O–H groups in total. The zero-order valence-corrected chi connectivity index (χ0v) is 26.0. The fourth-order valence-electron chi connectivity index (χ4n) is 7.80. The topological polar surface area (TPSA) is 43.9 Å². The summed E-state index contributed by atoms with van der Waals surface area (Å²) in [6.07, 6.45) is 1.83. The molecule has 0 amide bonds. The van der Waals surface area contributed by atoms with E-state index in [2.05, 4.69) is 146 Å². The van der Waals surface area contributed by atoms with E-state index < -0.39 is 0 Å². The number of hydrogen-bond acceptors (Lipinski definition) is 3. The van der Waals surface area contributed by atoms with E-state index in [4.69, 9.17) is 14.4 Å². The minimum absolute atomic E-state index is 0.0411. The van der Waals surface area contributed by atoms with Gasteiger partial charge in [-0.1, -0.05) is 105 Å². The van der Waals surface area contributed by atoms with Crippen LogP contribution in [0.25, 0.3) is 83.2 Å². The van der Waals surface area contributed by atoms with Crippen LogP contribution in [0.1, 0.15) is 25.0 Å². The summed E-state index contributed by atoms with van der Waals surface area (Å²) >= 11 is 0. The van der Waals surface area contributed by atoms with Gasteiger partial charge in [-0.3, -0.25) is 4.57 Å². The maximum Gasteiger partial charge on any atom is 0.229 e. The molecule has 47 heavy (non-hydrogen) atoms. The molecule has 0 atom stereocenters. The van der Waals surface area contributed by atoms with E-state index in [1.165, 1.54) is 33.4 Å². The van der Waals surface area contributed by atoms with Crippen molar-refractivity contribution in [2.45, 2.75) is 19.3 Å². The van der Waals surface area contributed by atoms with Crippen LogP contribution in [0, 0.1) is 0 Å². The Kier molecular flexibility index (Phi) is 5.31. The molecule has 4 aromatic heterocycles. The number of pyridine rings is 2. The first-order valence-corrected chi connectivity index (χ1v) is 16.1. The van der Waals surface area contributed by atoms with Gasteiger partial charge in [-0.25, -0.2) is 4.98 Å². The molecule has 4 heteroatoms. The van der Waals surface area contributed by atoms with Crippen molar-refractivity contribution in [3.05, 3.63) is 151 Å². The number of furan rings is 1. The Labute approximate surface area is 271 Å². The molecule has 10 rings (SSSR count). The number of aromatic nitrogens is 3. The maximum absolute atomic E-state index is 6.63. The molecule has 0 bridgehead atoms. The Morgan fingerprint density at radius 1 is 0.553 bits per heavy atom. The van der Waals surface area contributed by atoms with E-state index in [9.17, 15) is 0 Å². The molecule has 0 radical (unpaired) electrons. The molecule has 222 valence electrons. The van der Waals surface area contributed by atoms with Crippen LogP contribution >= 0.6 is 0 Å². The van der Waals surface area contributed by atoms with Crippen LogP contribution in [-0.4, -0.2) is 14.5 Å². The average molecular weight is 604 g/mol. The lowest BCUT2D eigenvalue weighted by Gasteiger charge is -2.22. The summed E-state index contributed by atoms with van der Waals surface area (Å²) in [6, 6.07) is 47.6. The minimum Gasteiger partial charge on any atom is -0.437 e.